The van der Waals surface area contributed by atoms with E-state index in [4.69, 9.17) is 0 Å². The molecule has 3 aromatic rings. The van der Waals surface area contributed by atoms with E-state index in [1.807, 2.05) is 36.4 Å². The zero-order chi connectivity index (χ0) is 16.2. The van der Waals surface area contributed by atoms with E-state index in [0.717, 1.165) is 10.1 Å². The molecule has 0 saturated heterocycles. The van der Waals surface area contributed by atoms with Gasteiger partial charge in [0.25, 0.3) is 0 Å². The summed E-state index contributed by atoms with van der Waals surface area (Å²) in [5.41, 5.74) is 0.421. The SMILES string of the molecule is CNc1nc(=O)n(-c2ccccc2)c(=O)n1Cc1ccccc1. The lowest BCUT2D eigenvalue weighted by Gasteiger charge is -2.13. The molecular weight excluding hydrogens is 292 g/mol. The molecule has 116 valence electrons. The van der Waals surface area contributed by atoms with Gasteiger partial charge in [0.05, 0.1) is 12.2 Å². The lowest BCUT2D eigenvalue weighted by molar-refractivity contribution is 0.656. The summed E-state index contributed by atoms with van der Waals surface area (Å²) in [7, 11) is 1.63. The number of aromatic nitrogens is 3. The predicted molar refractivity (Wildman–Crippen MR) is 89.2 cm³/mol. The standard InChI is InChI=1S/C17H16N4O2/c1-18-15-19-16(22)21(14-10-6-3-7-11-14)17(23)20(15)12-13-8-4-2-5-9-13/h2-11H,12H2,1H3,(H,18,19,22). The lowest BCUT2D eigenvalue weighted by Crippen LogP contribution is -2.41. The Morgan fingerprint density at radius 1 is 0.957 bits per heavy atom. The van der Waals surface area contributed by atoms with Crippen LogP contribution in [0.4, 0.5) is 5.95 Å². The average molecular weight is 308 g/mol. The molecule has 3 rings (SSSR count). The normalized spacial score (nSPS) is 10.5. The first-order valence-electron chi connectivity index (χ1n) is 7.21. The minimum absolute atomic E-state index is 0.246. The van der Waals surface area contributed by atoms with Crippen molar-refractivity contribution in [1.29, 1.82) is 0 Å². The van der Waals surface area contributed by atoms with Crippen LogP contribution in [0.15, 0.2) is 70.3 Å². The molecule has 1 N–H and O–H groups in total. The van der Waals surface area contributed by atoms with Gasteiger partial charge in [0, 0.05) is 7.05 Å². The highest BCUT2D eigenvalue weighted by molar-refractivity contribution is 5.33. The van der Waals surface area contributed by atoms with Crippen molar-refractivity contribution in [2.45, 2.75) is 6.54 Å². The van der Waals surface area contributed by atoms with Crippen molar-refractivity contribution in [2.75, 3.05) is 12.4 Å². The van der Waals surface area contributed by atoms with Crippen molar-refractivity contribution in [3.63, 3.8) is 0 Å². The Bertz CT molecular complexity index is 915. The number of rotatable bonds is 4. The Morgan fingerprint density at radius 2 is 1.57 bits per heavy atom. The number of hydrogen-bond donors (Lipinski definition) is 1. The van der Waals surface area contributed by atoms with E-state index < -0.39 is 11.4 Å². The Labute approximate surface area is 132 Å². The van der Waals surface area contributed by atoms with E-state index in [1.165, 1.54) is 4.57 Å². The Kier molecular flexibility index (Phi) is 4.05. The molecule has 0 unspecified atom stereocenters. The summed E-state index contributed by atoms with van der Waals surface area (Å²) in [5.74, 6) is 0.246. The van der Waals surface area contributed by atoms with Crippen LogP contribution in [0.1, 0.15) is 5.56 Å². The van der Waals surface area contributed by atoms with Crippen molar-refractivity contribution >= 4 is 5.95 Å². The van der Waals surface area contributed by atoms with Gasteiger partial charge >= 0.3 is 11.4 Å². The molecule has 23 heavy (non-hydrogen) atoms. The highest BCUT2D eigenvalue weighted by atomic mass is 16.2. The Hall–Kier alpha value is -3.15. The topological polar surface area (TPSA) is 68.9 Å². The average Bonchev–Trinajstić information content (AvgIpc) is 2.59. The third kappa shape index (κ3) is 2.91. The van der Waals surface area contributed by atoms with E-state index in [9.17, 15) is 9.59 Å². The minimum Gasteiger partial charge on any atom is -0.358 e. The van der Waals surface area contributed by atoms with Crippen molar-refractivity contribution in [3.05, 3.63) is 87.2 Å². The quantitative estimate of drug-likeness (QED) is 0.793. The van der Waals surface area contributed by atoms with Crippen molar-refractivity contribution < 1.29 is 0 Å². The van der Waals surface area contributed by atoms with E-state index in [1.54, 1.807) is 31.3 Å². The molecule has 0 fully saturated rings. The fourth-order valence-electron chi connectivity index (χ4n) is 2.39. The fourth-order valence-corrected chi connectivity index (χ4v) is 2.39. The Balaban J connectivity index is 2.19. The molecular formula is C17H16N4O2. The maximum absolute atomic E-state index is 12.8. The molecule has 1 aromatic heterocycles. The lowest BCUT2D eigenvalue weighted by atomic mass is 10.2. The molecule has 1 heterocycles. The second-order valence-electron chi connectivity index (χ2n) is 4.99. The summed E-state index contributed by atoms with van der Waals surface area (Å²) < 4.78 is 2.52. The molecule has 6 heteroatoms. The number of nitrogens with one attached hydrogen (secondary N) is 1. The summed E-state index contributed by atoms with van der Waals surface area (Å²) in [6, 6.07) is 18.3. The first-order chi connectivity index (χ1) is 11.2. The number of para-hydroxylation sites is 1. The molecule has 0 aliphatic rings. The van der Waals surface area contributed by atoms with Crippen LogP contribution in [0.3, 0.4) is 0 Å². The van der Waals surface area contributed by atoms with Crippen molar-refractivity contribution in [3.8, 4) is 5.69 Å². The van der Waals surface area contributed by atoms with Gasteiger partial charge in [-0.05, 0) is 17.7 Å². The van der Waals surface area contributed by atoms with Gasteiger partial charge in [-0.25, -0.2) is 14.2 Å². The number of hydrogen-bond acceptors (Lipinski definition) is 4. The molecule has 0 aliphatic carbocycles. The molecule has 0 atom stereocenters. The summed E-state index contributed by atoms with van der Waals surface area (Å²) in [4.78, 5) is 29.0. The van der Waals surface area contributed by atoms with Gasteiger partial charge in [-0.1, -0.05) is 48.5 Å². The molecule has 0 saturated carbocycles. The van der Waals surface area contributed by atoms with Gasteiger partial charge in [0.1, 0.15) is 0 Å². The summed E-state index contributed by atoms with van der Waals surface area (Å²) in [6.07, 6.45) is 0. The predicted octanol–water partition coefficient (Wildman–Crippen LogP) is 1.48. The zero-order valence-electron chi connectivity index (χ0n) is 12.6. The highest BCUT2D eigenvalue weighted by Crippen LogP contribution is 2.06. The third-order valence-corrected chi connectivity index (χ3v) is 3.49. The van der Waals surface area contributed by atoms with Crippen LogP contribution < -0.4 is 16.7 Å². The van der Waals surface area contributed by atoms with Crippen LogP contribution in [0.25, 0.3) is 5.69 Å². The monoisotopic (exact) mass is 308 g/mol. The molecule has 0 bridgehead atoms. The van der Waals surface area contributed by atoms with Crippen molar-refractivity contribution in [2.24, 2.45) is 0 Å². The van der Waals surface area contributed by atoms with E-state index in [0.29, 0.717) is 12.2 Å². The number of anilines is 1. The third-order valence-electron chi connectivity index (χ3n) is 3.49. The van der Waals surface area contributed by atoms with Gasteiger partial charge < -0.3 is 5.32 Å². The van der Waals surface area contributed by atoms with Gasteiger partial charge in [0.2, 0.25) is 5.95 Å². The van der Waals surface area contributed by atoms with Crippen molar-refractivity contribution in [1.82, 2.24) is 14.1 Å². The first kappa shape index (κ1) is 14.8. The molecule has 0 amide bonds. The largest absolute Gasteiger partial charge is 0.359 e. The fraction of sp³-hybridized carbons (Fsp3) is 0.118. The van der Waals surface area contributed by atoms with E-state index in [2.05, 4.69) is 10.3 Å². The number of benzene rings is 2. The van der Waals surface area contributed by atoms with Crippen LogP contribution >= 0.6 is 0 Å². The molecule has 0 radical (unpaired) electrons. The summed E-state index contributed by atoms with van der Waals surface area (Å²) in [5, 5.41) is 2.81. The molecule has 0 aliphatic heterocycles. The van der Waals surface area contributed by atoms with Gasteiger partial charge in [-0.15, -0.1) is 0 Å². The minimum atomic E-state index is -0.602. The van der Waals surface area contributed by atoms with Crippen LogP contribution in [-0.4, -0.2) is 21.2 Å². The summed E-state index contributed by atoms with van der Waals surface area (Å²) >= 11 is 0. The van der Waals surface area contributed by atoms with E-state index in [-0.39, 0.29) is 5.95 Å². The van der Waals surface area contributed by atoms with Crippen LogP contribution in [0.5, 0.6) is 0 Å². The van der Waals surface area contributed by atoms with Gasteiger partial charge in [0.15, 0.2) is 0 Å². The summed E-state index contributed by atoms with van der Waals surface area (Å²) in [6.45, 7) is 0.329. The van der Waals surface area contributed by atoms with Crippen LogP contribution in [-0.2, 0) is 6.54 Å². The first-order valence-corrected chi connectivity index (χ1v) is 7.21. The number of nitrogens with zero attached hydrogens (tertiary/aromatic N) is 3. The molecule has 0 spiro atoms. The van der Waals surface area contributed by atoms with Crippen LogP contribution in [0, 0.1) is 0 Å². The smallest absolute Gasteiger partial charge is 0.358 e. The maximum atomic E-state index is 12.8. The van der Waals surface area contributed by atoms with Crippen LogP contribution in [0.2, 0.25) is 0 Å². The maximum Gasteiger partial charge on any atom is 0.359 e. The molecule has 2 aromatic carbocycles. The zero-order valence-corrected chi connectivity index (χ0v) is 12.6. The second kappa shape index (κ2) is 6.31. The molecule has 6 nitrogen and oxygen atoms in total. The second-order valence-corrected chi connectivity index (χ2v) is 4.99. The Morgan fingerprint density at radius 3 is 2.17 bits per heavy atom. The van der Waals surface area contributed by atoms with Gasteiger partial charge in [-0.2, -0.15) is 4.98 Å². The van der Waals surface area contributed by atoms with E-state index >= 15 is 0 Å². The highest BCUT2D eigenvalue weighted by Gasteiger charge is 2.13. The van der Waals surface area contributed by atoms with Gasteiger partial charge in [-0.3, -0.25) is 4.57 Å².